The van der Waals surface area contributed by atoms with Gasteiger partial charge in [0.2, 0.25) is 17.7 Å². The smallest absolute Gasteiger partial charge is 0.258 e. The molecule has 0 bridgehead atoms. The summed E-state index contributed by atoms with van der Waals surface area (Å²) in [5, 5.41) is 11.0. The summed E-state index contributed by atoms with van der Waals surface area (Å²) >= 11 is 0. The lowest BCUT2D eigenvalue weighted by molar-refractivity contribution is -0.134. The van der Waals surface area contributed by atoms with Gasteiger partial charge >= 0.3 is 0 Å². The van der Waals surface area contributed by atoms with Gasteiger partial charge in [-0.05, 0) is 93.8 Å². The molecule has 7 heterocycles. The first kappa shape index (κ1) is 33.9. The minimum atomic E-state index is -2.63. The van der Waals surface area contributed by atoms with E-state index < -0.39 is 17.3 Å². The van der Waals surface area contributed by atoms with E-state index in [4.69, 9.17) is 0 Å². The third-order valence-electron chi connectivity index (χ3n) is 14.2. The molecule has 3 amide bonds. The Labute approximate surface area is 312 Å². The highest BCUT2D eigenvalue weighted by Crippen LogP contribution is 2.70. The molecule has 4 saturated heterocycles. The van der Waals surface area contributed by atoms with Crippen molar-refractivity contribution in [1.29, 1.82) is 0 Å². The number of nitrogens with one attached hydrogen (secondary N) is 3. The number of aromatic nitrogens is 4. The summed E-state index contributed by atoms with van der Waals surface area (Å²) in [7, 11) is 0. The van der Waals surface area contributed by atoms with E-state index in [9.17, 15) is 23.2 Å². The molecule has 2 aliphatic carbocycles. The van der Waals surface area contributed by atoms with Crippen LogP contribution in [0.15, 0.2) is 42.6 Å². The average Bonchev–Trinajstić information content (AvgIpc) is 3.68. The molecule has 5 fully saturated rings. The lowest BCUT2D eigenvalue weighted by atomic mass is 9.77. The third kappa shape index (κ3) is 5.31. The minimum absolute atomic E-state index is 0.207. The van der Waals surface area contributed by atoms with Gasteiger partial charge in [0, 0.05) is 84.4 Å². The minimum Gasteiger partial charge on any atom is -0.357 e. The van der Waals surface area contributed by atoms with Gasteiger partial charge in [-0.3, -0.25) is 24.8 Å². The molecule has 4 aliphatic heterocycles. The average molecular weight is 737 g/mol. The zero-order valence-corrected chi connectivity index (χ0v) is 30.6. The molecule has 1 aromatic carbocycles. The molecule has 3 aromatic heterocycles. The van der Waals surface area contributed by atoms with E-state index in [-0.39, 0.29) is 29.1 Å². The van der Waals surface area contributed by atoms with Crippen LogP contribution in [0.5, 0.6) is 0 Å². The second kappa shape index (κ2) is 12.2. The first-order chi connectivity index (χ1) is 26.0. The first-order valence-electron chi connectivity index (χ1n) is 19.7. The van der Waals surface area contributed by atoms with Gasteiger partial charge in [0.05, 0.1) is 17.0 Å². The molecule has 1 spiro atoms. The summed E-state index contributed by atoms with van der Waals surface area (Å²) < 4.78 is 29.1. The molecule has 54 heavy (non-hydrogen) atoms. The van der Waals surface area contributed by atoms with Crippen LogP contribution < -0.4 is 15.1 Å². The van der Waals surface area contributed by atoms with Crippen molar-refractivity contribution < 1.29 is 23.2 Å². The number of amides is 3. The first-order valence-corrected chi connectivity index (χ1v) is 19.7. The lowest BCUT2D eigenvalue weighted by Gasteiger charge is -2.41. The third-order valence-corrected chi connectivity index (χ3v) is 14.2. The number of pyridine rings is 1. The molecule has 0 radical (unpaired) electrons. The zero-order valence-electron chi connectivity index (χ0n) is 30.6. The van der Waals surface area contributed by atoms with Crippen LogP contribution in [0.4, 0.5) is 20.3 Å². The van der Waals surface area contributed by atoms with Gasteiger partial charge in [-0.1, -0.05) is 19.1 Å². The summed E-state index contributed by atoms with van der Waals surface area (Å²) in [4.78, 5) is 52.9. The molecule has 1 saturated carbocycles. The molecule has 282 valence electrons. The Morgan fingerprint density at radius 2 is 1.74 bits per heavy atom. The summed E-state index contributed by atoms with van der Waals surface area (Å²) in [6, 6.07) is 12.1. The molecule has 13 heteroatoms. The van der Waals surface area contributed by atoms with Crippen molar-refractivity contribution in [3.8, 4) is 11.4 Å². The molecule has 2 unspecified atom stereocenters. The van der Waals surface area contributed by atoms with E-state index in [1.54, 1.807) is 13.1 Å². The van der Waals surface area contributed by atoms with Crippen LogP contribution in [-0.4, -0.2) is 88.0 Å². The van der Waals surface area contributed by atoms with E-state index in [0.717, 1.165) is 115 Å². The number of anilines is 2. The number of piperidine rings is 3. The van der Waals surface area contributed by atoms with Crippen molar-refractivity contribution >= 4 is 40.1 Å². The number of benzene rings is 1. The van der Waals surface area contributed by atoms with Gasteiger partial charge in [-0.15, -0.1) is 0 Å². The number of rotatable bonds is 6. The maximum atomic E-state index is 14.5. The highest BCUT2D eigenvalue weighted by atomic mass is 19.3. The molecule has 4 aromatic rings. The Morgan fingerprint density at radius 3 is 2.50 bits per heavy atom. The standard InChI is InChI=1S/C41H46F2N8O3/c1-39-21-32-29(20-33(39)41(39,42)43)36(48-47-32)31-18-25-2-4-27(19-30(25)45-31)51-17-12-40(38(51)54)10-15-49(16-11-40)23-24-8-13-50(14-9-24)34-6-3-26(22-44-34)28-5-7-35(52)46-37(28)53/h2-4,6,18-19,22,24,28,33,45H,5,7-17,20-21,23H2,1H3,(H,47,48)(H,46,52,53)/t28?,33?,39-/m1/s1. The molecular formula is C41H46F2N8O3. The normalized spacial score (nSPS) is 28.1. The Morgan fingerprint density at radius 1 is 0.944 bits per heavy atom. The number of halogens is 2. The highest BCUT2D eigenvalue weighted by molar-refractivity contribution is 6.02. The predicted octanol–water partition coefficient (Wildman–Crippen LogP) is 5.58. The van der Waals surface area contributed by atoms with Gasteiger partial charge in [0.25, 0.3) is 5.92 Å². The maximum absolute atomic E-state index is 14.5. The molecule has 10 rings (SSSR count). The molecule has 3 N–H and O–H groups in total. The summed E-state index contributed by atoms with van der Waals surface area (Å²) in [6.07, 6.45) is 8.12. The van der Waals surface area contributed by atoms with Crippen molar-refractivity contribution in [2.45, 2.75) is 76.6 Å². The van der Waals surface area contributed by atoms with Gasteiger partial charge in [0.15, 0.2) is 0 Å². The van der Waals surface area contributed by atoms with Gasteiger partial charge in [-0.2, -0.15) is 5.10 Å². The van der Waals surface area contributed by atoms with Gasteiger partial charge in [0.1, 0.15) is 11.5 Å². The van der Waals surface area contributed by atoms with Crippen molar-refractivity contribution in [3.05, 3.63) is 59.4 Å². The van der Waals surface area contributed by atoms with Crippen LogP contribution in [0.3, 0.4) is 0 Å². The Balaban J connectivity index is 0.733. The van der Waals surface area contributed by atoms with Crippen LogP contribution in [-0.2, 0) is 27.2 Å². The Kier molecular flexibility index (Phi) is 7.64. The largest absolute Gasteiger partial charge is 0.357 e. The number of carbonyl (C=O) groups excluding carboxylic acids is 3. The predicted molar refractivity (Wildman–Crippen MR) is 199 cm³/mol. The Bertz CT molecular complexity index is 2160. The Hall–Kier alpha value is -4.65. The topological polar surface area (TPSA) is 130 Å². The highest BCUT2D eigenvalue weighted by Gasteiger charge is 2.78. The molecule has 11 nitrogen and oxygen atoms in total. The number of fused-ring (bicyclic) bond motifs is 3. The van der Waals surface area contributed by atoms with Gasteiger partial charge in [-0.25, -0.2) is 13.8 Å². The van der Waals surface area contributed by atoms with Crippen LogP contribution in [0.2, 0.25) is 0 Å². The zero-order chi connectivity index (χ0) is 37.0. The lowest BCUT2D eigenvalue weighted by Crippen LogP contribution is -2.47. The second-order valence-corrected chi connectivity index (χ2v) is 17.1. The molecular weight excluding hydrogens is 691 g/mol. The van der Waals surface area contributed by atoms with Crippen LogP contribution in [0, 0.1) is 22.7 Å². The fraction of sp³-hybridized carbons (Fsp3) is 0.537. The number of hydrogen-bond acceptors (Lipinski definition) is 7. The van der Waals surface area contributed by atoms with Gasteiger partial charge < -0.3 is 19.7 Å². The summed E-state index contributed by atoms with van der Waals surface area (Å²) in [5.74, 6) is -2.26. The number of carbonyl (C=O) groups is 3. The van der Waals surface area contributed by atoms with Crippen LogP contribution in [0.1, 0.15) is 74.6 Å². The fourth-order valence-corrected chi connectivity index (χ4v) is 10.4. The number of nitrogens with zero attached hydrogens (tertiary/aromatic N) is 5. The number of aromatic amines is 2. The summed E-state index contributed by atoms with van der Waals surface area (Å²) in [6.45, 7) is 7.19. The number of hydrogen-bond donors (Lipinski definition) is 3. The van der Waals surface area contributed by atoms with Crippen molar-refractivity contribution in [2.24, 2.45) is 22.7 Å². The quantitative estimate of drug-likeness (QED) is 0.221. The van der Waals surface area contributed by atoms with E-state index in [1.165, 1.54) is 0 Å². The van der Waals surface area contributed by atoms with E-state index in [2.05, 4.69) is 35.3 Å². The number of alkyl halides is 2. The van der Waals surface area contributed by atoms with Crippen LogP contribution >= 0.6 is 0 Å². The maximum Gasteiger partial charge on any atom is 0.258 e. The SMILES string of the molecule is C[C@@]12Cc3[nH]nc(-c4cc5ccc(N6CCC7(CCN(CC8CCN(c9ccc(C%10CCC(=O)NC%10=O)cn9)CC8)CC7)C6=O)cc5[nH]4)c3CC1C2(F)F. The number of likely N-dealkylation sites (tertiary alicyclic amines) is 1. The second-order valence-electron chi connectivity index (χ2n) is 17.1. The summed E-state index contributed by atoms with van der Waals surface area (Å²) in [5.41, 5.74) is 4.62. The van der Waals surface area contributed by atoms with Crippen molar-refractivity contribution in [2.75, 3.05) is 49.1 Å². The molecule has 3 atom stereocenters. The number of H-pyrrole nitrogens is 2. The van der Waals surface area contributed by atoms with Crippen molar-refractivity contribution in [1.82, 2.24) is 30.4 Å². The fourth-order valence-electron chi connectivity index (χ4n) is 10.4. The molecule has 6 aliphatic rings. The van der Waals surface area contributed by atoms with Crippen LogP contribution in [0.25, 0.3) is 22.3 Å². The van der Waals surface area contributed by atoms with Crippen molar-refractivity contribution in [3.63, 3.8) is 0 Å². The monoisotopic (exact) mass is 736 g/mol. The van der Waals surface area contributed by atoms with E-state index in [1.807, 2.05) is 41.3 Å². The number of imide groups is 1. The van der Waals surface area contributed by atoms with E-state index in [0.29, 0.717) is 38.1 Å². The van der Waals surface area contributed by atoms with E-state index >= 15 is 0 Å².